The van der Waals surface area contributed by atoms with Crippen molar-refractivity contribution < 1.29 is 19.0 Å². The zero-order chi connectivity index (χ0) is 18.7. The van der Waals surface area contributed by atoms with Crippen molar-refractivity contribution in [2.45, 2.75) is 77.5 Å². The van der Waals surface area contributed by atoms with Crippen LogP contribution in [0.4, 0.5) is 0 Å². The third-order valence-corrected chi connectivity index (χ3v) is 4.05. The van der Waals surface area contributed by atoms with Gasteiger partial charge in [0.05, 0.1) is 13.0 Å². The minimum atomic E-state index is -0.630. The van der Waals surface area contributed by atoms with Crippen LogP contribution >= 0.6 is 0 Å². The maximum absolute atomic E-state index is 12.3. The minimum absolute atomic E-state index is 0.0842. The summed E-state index contributed by atoms with van der Waals surface area (Å²) in [5.41, 5.74) is 0.661. The van der Waals surface area contributed by atoms with Crippen molar-refractivity contribution in [2.24, 2.45) is 0 Å². The Kier molecular flexibility index (Phi) is 6.25. The van der Waals surface area contributed by atoms with E-state index in [2.05, 4.69) is 24.4 Å². The van der Waals surface area contributed by atoms with Gasteiger partial charge in [0.1, 0.15) is 11.7 Å². The Balaban J connectivity index is 2.08. The lowest BCUT2D eigenvalue weighted by Gasteiger charge is -2.29. The highest BCUT2D eigenvalue weighted by atomic mass is 16.7. The molecule has 5 heteroatoms. The van der Waals surface area contributed by atoms with Crippen LogP contribution in [0.15, 0.2) is 30.3 Å². The summed E-state index contributed by atoms with van der Waals surface area (Å²) in [7, 11) is 0. The first-order valence-corrected chi connectivity index (χ1v) is 8.90. The van der Waals surface area contributed by atoms with Crippen LogP contribution in [0, 0.1) is 0 Å². The molecule has 0 spiro atoms. The molecule has 0 bridgehead atoms. The molecule has 0 unspecified atom stereocenters. The summed E-state index contributed by atoms with van der Waals surface area (Å²) in [4.78, 5) is 12.3. The van der Waals surface area contributed by atoms with Gasteiger partial charge in [0.25, 0.3) is 0 Å². The molecule has 0 aliphatic carbocycles. The number of carbonyl (C=O) groups is 1. The highest BCUT2D eigenvalue weighted by Crippen LogP contribution is 2.27. The predicted octanol–water partition coefficient (Wildman–Crippen LogP) is 3.59. The second-order valence-electron chi connectivity index (χ2n) is 8.06. The van der Waals surface area contributed by atoms with Gasteiger partial charge < -0.3 is 19.5 Å². The minimum Gasteiger partial charge on any atom is -0.460 e. The molecule has 0 radical (unpaired) electrons. The van der Waals surface area contributed by atoms with Crippen LogP contribution in [-0.4, -0.2) is 36.1 Å². The van der Waals surface area contributed by atoms with E-state index in [4.69, 9.17) is 14.2 Å². The molecule has 1 N–H and O–H groups in total. The summed E-state index contributed by atoms with van der Waals surface area (Å²) in [6.07, 6.45) is 0.0344. The van der Waals surface area contributed by atoms with Crippen LogP contribution in [0.5, 0.6) is 0 Å². The summed E-state index contributed by atoms with van der Waals surface area (Å²) >= 11 is 0. The Bertz CT molecular complexity index is 565. The Morgan fingerprint density at radius 1 is 1.32 bits per heavy atom. The summed E-state index contributed by atoms with van der Waals surface area (Å²) < 4.78 is 17.2. The molecule has 1 heterocycles. The first-order valence-electron chi connectivity index (χ1n) is 8.90. The fourth-order valence-electron chi connectivity index (χ4n) is 2.93. The van der Waals surface area contributed by atoms with E-state index >= 15 is 0 Å². The maximum atomic E-state index is 12.3. The summed E-state index contributed by atoms with van der Waals surface area (Å²) in [6, 6.07) is 10.0. The second kappa shape index (κ2) is 7.85. The van der Waals surface area contributed by atoms with E-state index in [9.17, 15) is 4.79 Å². The molecule has 0 aromatic heterocycles. The fraction of sp³-hybridized carbons (Fsp3) is 0.650. The normalized spacial score (nSPS) is 22.4. The molecule has 25 heavy (non-hydrogen) atoms. The fourth-order valence-corrected chi connectivity index (χ4v) is 2.93. The van der Waals surface area contributed by atoms with Crippen LogP contribution in [0.1, 0.15) is 59.6 Å². The van der Waals surface area contributed by atoms with Gasteiger partial charge in [-0.05, 0) is 47.1 Å². The van der Waals surface area contributed by atoms with E-state index < -0.39 is 11.4 Å². The van der Waals surface area contributed by atoms with Crippen molar-refractivity contribution in [2.75, 3.05) is 6.61 Å². The van der Waals surface area contributed by atoms with Crippen molar-refractivity contribution in [3.63, 3.8) is 0 Å². The summed E-state index contributed by atoms with van der Waals surface area (Å²) in [5, 5.41) is 3.52. The molecule has 1 aromatic rings. The number of hydrogen-bond donors (Lipinski definition) is 1. The number of nitrogens with one attached hydrogen (secondary N) is 1. The largest absolute Gasteiger partial charge is 0.460 e. The van der Waals surface area contributed by atoms with Crippen molar-refractivity contribution in [3.05, 3.63) is 35.9 Å². The number of benzene rings is 1. The van der Waals surface area contributed by atoms with Crippen LogP contribution in [-0.2, 0) is 19.0 Å². The number of ether oxygens (including phenoxy) is 3. The SMILES string of the molecule is C[C@@H](N[C@@H](CC(=O)OC(C)(C)C)[C@H]1COC(C)(C)O1)c1ccccc1. The topological polar surface area (TPSA) is 56.8 Å². The first-order chi connectivity index (χ1) is 11.6. The second-order valence-corrected chi connectivity index (χ2v) is 8.06. The molecule has 1 aliphatic rings. The van der Waals surface area contributed by atoms with Crippen LogP contribution in [0.2, 0.25) is 0 Å². The van der Waals surface area contributed by atoms with E-state index in [0.717, 1.165) is 5.56 Å². The number of hydrogen-bond acceptors (Lipinski definition) is 5. The van der Waals surface area contributed by atoms with Gasteiger partial charge in [0.2, 0.25) is 0 Å². The van der Waals surface area contributed by atoms with Gasteiger partial charge in [-0.1, -0.05) is 30.3 Å². The molecule has 5 nitrogen and oxygen atoms in total. The molecule has 3 atom stereocenters. The van der Waals surface area contributed by atoms with Crippen LogP contribution in [0.3, 0.4) is 0 Å². The highest BCUT2D eigenvalue weighted by molar-refractivity contribution is 5.70. The van der Waals surface area contributed by atoms with Crippen LogP contribution < -0.4 is 5.32 Å². The third kappa shape index (κ3) is 6.42. The average molecular weight is 349 g/mol. The van der Waals surface area contributed by atoms with E-state index in [1.54, 1.807) is 0 Å². The number of carbonyl (C=O) groups excluding carboxylic acids is 1. The summed E-state index contributed by atoms with van der Waals surface area (Å²) in [5.74, 6) is -0.868. The lowest BCUT2D eigenvalue weighted by Crippen LogP contribution is -2.45. The van der Waals surface area contributed by atoms with Gasteiger partial charge in [-0.2, -0.15) is 0 Å². The maximum Gasteiger partial charge on any atom is 0.307 e. The highest BCUT2D eigenvalue weighted by Gasteiger charge is 2.39. The molecule has 2 rings (SSSR count). The summed E-state index contributed by atoms with van der Waals surface area (Å²) in [6.45, 7) is 11.9. The Morgan fingerprint density at radius 2 is 1.96 bits per heavy atom. The zero-order valence-corrected chi connectivity index (χ0v) is 16.2. The Labute approximate surface area is 151 Å². The smallest absolute Gasteiger partial charge is 0.307 e. The lowest BCUT2D eigenvalue weighted by molar-refractivity contribution is -0.159. The molecule has 1 aliphatic heterocycles. The van der Waals surface area contributed by atoms with Gasteiger partial charge >= 0.3 is 5.97 Å². The number of rotatable bonds is 6. The standard InChI is InChI=1S/C20H31NO4/c1-14(15-10-8-7-9-11-15)21-16(12-18(22)25-19(2,3)4)17-13-23-20(5,6)24-17/h7-11,14,16-17,21H,12-13H2,1-6H3/t14-,16+,17-/m1/s1. The third-order valence-electron chi connectivity index (χ3n) is 4.05. The Morgan fingerprint density at radius 3 is 2.48 bits per heavy atom. The van der Waals surface area contributed by atoms with Crippen molar-refractivity contribution >= 4 is 5.97 Å². The molecule has 1 fully saturated rings. The molecule has 140 valence electrons. The molecule has 1 aromatic carbocycles. The number of esters is 1. The molecular formula is C20H31NO4. The lowest BCUT2D eigenvalue weighted by atomic mass is 10.0. The molecule has 1 saturated heterocycles. The predicted molar refractivity (Wildman–Crippen MR) is 97.1 cm³/mol. The molecular weight excluding hydrogens is 318 g/mol. The van der Waals surface area contributed by atoms with E-state index in [1.165, 1.54) is 0 Å². The monoisotopic (exact) mass is 349 g/mol. The van der Waals surface area contributed by atoms with E-state index in [1.807, 2.05) is 52.8 Å². The quantitative estimate of drug-likeness (QED) is 0.796. The van der Waals surface area contributed by atoms with E-state index in [0.29, 0.717) is 6.61 Å². The van der Waals surface area contributed by atoms with E-state index in [-0.39, 0.29) is 30.6 Å². The first kappa shape index (κ1) is 19.9. The Hall–Kier alpha value is -1.43. The van der Waals surface area contributed by atoms with Crippen molar-refractivity contribution in [3.8, 4) is 0 Å². The van der Waals surface area contributed by atoms with Gasteiger partial charge in [0, 0.05) is 12.1 Å². The van der Waals surface area contributed by atoms with Crippen molar-refractivity contribution in [1.82, 2.24) is 5.32 Å². The van der Waals surface area contributed by atoms with Gasteiger partial charge in [-0.25, -0.2) is 0 Å². The van der Waals surface area contributed by atoms with Gasteiger partial charge in [-0.3, -0.25) is 4.79 Å². The van der Waals surface area contributed by atoms with Gasteiger partial charge in [0.15, 0.2) is 5.79 Å². The molecule has 0 amide bonds. The van der Waals surface area contributed by atoms with Gasteiger partial charge in [-0.15, -0.1) is 0 Å². The van der Waals surface area contributed by atoms with Crippen molar-refractivity contribution in [1.29, 1.82) is 0 Å². The zero-order valence-electron chi connectivity index (χ0n) is 16.2. The average Bonchev–Trinajstić information content (AvgIpc) is 2.85. The molecule has 0 saturated carbocycles. The van der Waals surface area contributed by atoms with Crippen LogP contribution in [0.25, 0.3) is 0 Å².